The Bertz CT molecular complexity index is 721. The van der Waals surface area contributed by atoms with Gasteiger partial charge in [0.15, 0.2) is 6.17 Å². The predicted octanol–water partition coefficient (Wildman–Crippen LogP) is 4.05. The van der Waals surface area contributed by atoms with Gasteiger partial charge < -0.3 is 0 Å². The van der Waals surface area contributed by atoms with Gasteiger partial charge in [0.25, 0.3) is 0 Å². The van der Waals surface area contributed by atoms with Gasteiger partial charge in [0, 0.05) is 11.8 Å². The van der Waals surface area contributed by atoms with Crippen LogP contribution in [-0.4, -0.2) is 16.3 Å². The summed E-state index contributed by atoms with van der Waals surface area (Å²) in [6.45, 7) is 0. The summed E-state index contributed by atoms with van der Waals surface area (Å²) in [5.74, 6) is 6.20. The van der Waals surface area contributed by atoms with Crippen molar-refractivity contribution in [3.63, 3.8) is 0 Å². The van der Waals surface area contributed by atoms with Crippen LogP contribution >= 0.6 is 15.9 Å². The molecule has 2 aromatic carbocycles. The highest BCUT2D eigenvalue weighted by molar-refractivity contribution is 9.17. The number of nitrogens with zero attached hydrogens (tertiary/aromatic N) is 2. The number of allylic oxidation sites excluding steroid dienone is 2. The minimum Gasteiger partial charge on any atom is -0.289 e. The summed E-state index contributed by atoms with van der Waals surface area (Å²) in [5, 5.41) is 3.25. The van der Waals surface area contributed by atoms with Crippen molar-refractivity contribution in [2.45, 2.75) is 6.17 Å². The Morgan fingerprint density at radius 3 is 2.14 bits per heavy atom. The van der Waals surface area contributed by atoms with Gasteiger partial charge in [-0.05, 0) is 38.7 Å². The van der Waals surface area contributed by atoms with Crippen molar-refractivity contribution >= 4 is 32.2 Å². The lowest BCUT2D eigenvalue weighted by atomic mass is 9.95. The van der Waals surface area contributed by atoms with E-state index >= 15 is 0 Å². The summed E-state index contributed by atoms with van der Waals surface area (Å²) in [6.07, 6.45) is 3.83. The first-order valence-corrected chi connectivity index (χ1v) is 7.90. The molecule has 0 aromatic heterocycles. The molecule has 0 fully saturated rings. The third-order valence-corrected chi connectivity index (χ3v) is 3.81. The summed E-state index contributed by atoms with van der Waals surface area (Å²) < 4.78 is 0. The number of hydrogen-bond donors (Lipinski definition) is 1. The second-order valence-electron chi connectivity index (χ2n) is 4.98. The van der Waals surface area contributed by atoms with E-state index in [4.69, 9.17) is 5.84 Å². The van der Waals surface area contributed by atoms with Gasteiger partial charge in [0.2, 0.25) is 0 Å². The first-order chi connectivity index (χ1) is 10.8. The van der Waals surface area contributed by atoms with Gasteiger partial charge in [-0.1, -0.05) is 60.7 Å². The van der Waals surface area contributed by atoms with Gasteiger partial charge in [0.1, 0.15) is 0 Å². The molecule has 0 radical (unpaired) electrons. The molecule has 110 valence electrons. The maximum absolute atomic E-state index is 6.20. The summed E-state index contributed by atoms with van der Waals surface area (Å²) in [7, 11) is 0. The normalized spacial score (nSPS) is 18.3. The van der Waals surface area contributed by atoms with Crippen molar-refractivity contribution in [3.8, 4) is 0 Å². The Morgan fingerprint density at radius 1 is 0.955 bits per heavy atom. The lowest BCUT2D eigenvalue weighted by Gasteiger charge is -2.30. The fourth-order valence-electron chi connectivity index (χ4n) is 2.53. The number of nitrogens with two attached hydrogens (primary N) is 1. The number of rotatable bonds is 3. The van der Waals surface area contributed by atoms with Gasteiger partial charge in [-0.25, -0.2) is 5.84 Å². The first-order valence-electron chi connectivity index (χ1n) is 6.99. The average Bonchev–Trinajstić information content (AvgIpc) is 2.58. The summed E-state index contributed by atoms with van der Waals surface area (Å²) in [5.41, 5.74) is 4.39. The zero-order chi connectivity index (χ0) is 15.4. The fourth-order valence-corrected chi connectivity index (χ4v) is 2.76. The van der Waals surface area contributed by atoms with Crippen molar-refractivity contribution in [2.75, 3.05) is 0 Å². The van der Waals surface area contributed by atoms with Crippen LogP contribution in [0.2, 0.25) is 0 Å². The van der Waals surface area contributed by atoms with E-state index in [2.05, 4.69) is 51.3 Å². The minimum atomic E-state index is -0.241. The van der Waals surface area contributed by atoms with Gasteiger partial charge in [-0.3, -0.25) is 10.0 Å². The van der Waals surface area contributed by atoms with E-state index in [9.17, 15) is 0 Å². The highest BCUT2D eigenvalue weighted by Gasteiger charge is 2.23. The van der Waals surface area contributed by atoms with Crippen LogP contribution in [0.1, 0.15) is 11.1 Å². The third-order valence-electron chi connectivity index (χ3n) is 3.57. The molecule has 1 aliphatic rings. The maximum Gasteiger partial charge on any atom is 0.161 e. The van der Waals surface area contributed by atoms with E-state index in [1.807, 2.05) is 42.6 Å². The number of benzene rings is 2. The van der Waals surface area contributed by atoms with Gasteiger partial charge in [0.05, 0.1) is 5.12 Å². The molecular formula is C18H16BrN3. The molecular weight excluding hydrogens is 338 g/mol. The average molecular weight is 354 g/mol. The minimum absolute atomic E-state index is 0.241. The molecule has 0 saturated carbocycles. The molecule has 3 nitrogen and oxygen atoms in total. The quantitative estimate of drug-likeness (QED) is 0.667. The predicted molar refractivity (Wildman–Crippen MR) is 96.1 cm³/mol. The number of hydrazine groups is 1. The van der Waals surface area contributed by atoms with E-state index in [0.717, 1.165) is 22.3 Å². The molecule has 2 N–H and O–H groups in total. The highest BCUT2D eigenvalue weighted by Crippen LogP contribution is 2.31. The van der Waals surface area contributed by atoms with Crippen LogP contribution in [0.25, 0.3) is 11.1 Å². The molecule has 0 bridgehead atoms. The molecule has 3 rings (SSSR count). The summed E-state index contributed by atoms with van der Waals surface area (Å²) in [4.78, 5) is 4.43. The second-order valence-corrected chi connectivity index (χ2v) is 5.39. The van der Waals surface area contributed by atoms with E-state index in [1.54, 1.807) is 10.1 Å². The fraction of sp³-hybridized carbons (Fsp3) is 0.0556. The smallest absolute Gasteiger partial charge is 0.161 e. The van der Waals surface area contributed by atoms with Gasteiger partial charge >= 0.3 is 0 Å². The lowest BCUT2D eigenvalue weighted by Crippen LogP contribution is -2.38. The van der Waals surface area contributed by atoms with Gasteiger partial charge in [-0.15, -0.1) is 0 Å². The molecule has 22 heavy (non-hydrogen) atoms. The Balaban J connectivity index is 2.08. The summed E-state index contributed by atoms with van der Waals surface area (Å²) >= 11 is 3.25. The van der Waals surface area contributed by atoms with Crippen molar-refractivity contribution in [2.24, 2.45) is 10.8 Å². The van der Waals surface area contributed by atoms with Crippen LogP contribution in [0, 0.1) is 0 Å². The zero-order valence-electron chi connectivity index (χ0n) is 11.9. The van der Waals surface area contributed by atoms with Crippen molar-refractivity contribution in [3.05, 3.63) is 84.1 Å². The van der Waals surface area contributed by atoms with Gasteiger partial charge in [-0.2, -0.15) is 0 Å². The van der Waals surface area contributed by atoms with Crippen molar-refractivity contribution in [1.29, 1.82) is 0 Å². The lowest BCUT2D eigenvalue weighted by molar-refractivity contribution is 0.348. The van der Waals surface area contributed by atoms with E-state index in [0.29, 0.717) is 0 Å². The second kappa shape index (κ2) is 6.73. The van der Waals surface area contributed by atoms with E-state index in [1.165, 1.54) is 0 Å². The molecule has 0 aliphatic carbocycles. The van der Waals surface area contributed by atoms with Crippen LogP contribution in [0.15, 0.2) is 77.9 Å². The molecule has 0 spiro atoms. The number of aliphatic imine (C=N–C) groups is 1. The standard InChI is InChI=1S/C18H16BrN3/c19-13-21-18-17(15-9-5-2-6-10-15)11-16(12-22(18)20)14-7-3-1-4-8-14/h1-13,18H,20H2. The molecule has 1 heterocycles. The Kier molecular flexibility index (Phi) is 4.51. The molecule has 1 unspecified atom stereocenters. The van der Waals surface area contributed by atoms with Crippen LogP contribution < -0.4 is 5.84 Å². The van der Waals surface area contributed by atoms with Crippen LogP contribution in [0.5, 0.6) is 0 Å². The largest absolute Gasteiger partial charge is 0.289 e. The van der Waals surface area contributed by atoms with Crippen LogP contribution in [0.4, 0.5) is 0 Å². The first kappa shape index (κ1) is 14.8. The van der Waals surface area contributed by atoms with E-state index in [-0.39, 0.29) is 6.17 Å². The molecule has 0 saturated heterocycles. The topological polar surface area (TPSA) is 41.6 Å². The van der Waals surface area contributed by atoms with Crippen molar-refractivity contribution in [1.82, 2.24) is 5.01 Å². The molecule has 1 aliphatic heterocycles. The van der Waals surface area contributed by atoms with E-state index < -0.39 is 0 Å². The monoisotopic (exact) mass is 353 g/mol. The number of hydrogen-bond acceptors (Lipinski definition) is 3. The number of halogens is 1. The summed E-state index contributed by atoms with van der Waals surface area (Å²) in [6, 6.07) is 20.4. The van der Waals surface area contributed by atoms with Crippen LogP contribution in [0.3, 0.4) is 0 Å². The molecule has 0 amide bonds. The van der Waals surface area contributed by atoms with Crippen molar-refractivity contribution < 1.29 is 0 Å². The third kappa shape index (κ3) is 3.03. The molecule has 2 aromatic rings. The Labute approximate surface area is 138 Å². The molecule has 4 heteroatoms. The molecule has 1 atom stereocenters. The highest BCUT2D eigenvalue weighted by atomic mass is 79.9. The Hall–Kier alpha value is -2.17. The maximum atomic E-state index is 6.20. The SMILES string of the molecule is NN1C=C(c2ccccc2)C=C(c2ccccc2)C1N=CBr. The Morgan fingerprint density at radius 2 is 1.55 bits per heavy atom. The zero-order valence-corrected chi connectivity index (χ0v) is 13.5. The van der Waals surface area contributed by atoms with Crippen LogP contribution in [-0.2, 0) is 0 Å².